The lowest BCUT2D eigenvalue weighted by Crippen LogP contribution is -2.34. The predicted octanol–water partition coefficient (Wildman–Crippen LogP) is 6.21. The first-order chi connectivity index (χ1) is 17.0. The Hall–Kier alpha value is -3.26. The first kappa shape index (κ1) is 25.8. The van der Waals surface area contributed by atoms with Crippen LogP contribution >= 0.6 is 11.6 Å². The second-order valence-corrected chi connectivity index (χ2v) is 9.29. The summed E-state index contributed by atoms with van der Waals surface area (Å²) < 4.78 is 49.4. The SMILES string of the molecule is CCOC(=O)C1CC1N(C)C(=O)c1c(-c2ccc(Cl)cc2)c(C)c(C(F)(F)F)n1Cc1ccccc1. The van der Waals surface area contributed by atoms with Crippen molar-refractivity contribution in [3.63, 3.8) is 0 Å². The van der Waals surface area contributed by atoms with Crippen molar-refractivity contribution in [3.8, 4) is 11.1 Å². The summed E-state index contributed by atoms with van der Waals surface area (Å²) in [5, 5.41) is 0.427. The van der Waals surface area contributed by atoms with E-state index in [1.807, 2.05) is 0 Å². The average Bonchev–Trinajstić information content (AvgIpc) is 3.57. The molecule has 0 radical (unpaired) electrons. The van der Waals surface area contributed by atoms with Gasteiger partial charge in [-0.2, -0.15) is 13.2 Å². The third kappa shape index (κ3) is 5.00. The Bertz CT molecular complexity index is 1270. The summed E-state index contributed by atoms with van der Waals surface area (Å²) in [6, 6.07) is 14.6. The highest BCUT2D eigenvalue weighted by Gasteiger charge is 2.50. The number of halogens is 4. The van der Waals surface area contributed by atoms with Crippen LogP contribution in [-0.4, -0.2) is 41.0 Å². The van der Waals surface area contributed by atoms with E-state index in [4.69, 9.17) is 16.3 Å². The number of benzene rings is 2. The average molecular weight is 519 g/mol. The Labute approximate surface area is 212 Å². The topological polar surface area (TPSA) is 51.5 Å². The number of rotatable bonds is 7. The lowest BCUT2D eigenvalue weighted by Gasteiger charge is -2.21. The summed E-state index contributed by atoms with van der Waals surface area (Å²) >= 11 is 6.03. The Morgan fingerprint density at radius 1 is 1.11 bits per heavy atom. The molecule has 0 N–H and O–H groups in total. The summed E-state index contributed by atoms with van der Waals surface area (Å²) in [6.45, 7) is 3.14. The standard InChI is InChI=1S/C27H26ClF3N2O3/c1-4-36-26(35)20-14-21(20)32(3)25(34)23-22(18-10-12-19(28)13-11-18)16(2)24(27(29,30)31)33(23)15-17-8-6-5-7-9-17/h5-13,20-21H,4,14-15H2,1-3H3. The molecule has 190 valence electrons. The summed E-state index contributed by atoms with van der Waals surface area (Å²) in [6.07, 6.45) is -4.30. The van der Waals surface area contributed by atoms with Crippen molar-refractivity contribution in [2.24, 2.45) is 5.92 Å². The number of amides is 1. The monoisotopic (exact) mass is 518 g/mol. The molecule has 5 nitrogen and oxygen atoms in total. The first-order valence-electron chi connectivity index (χ1n) is 11.6. The molecule has 0 spiro atoms. The van der Waals surface area contributed by atoms with Gasteiger partial charge in [-0.05, 0) is 49.1 Å². The minimum Gasteiger partial charge on any atom is -0.466 e. The molecule has 1 fully saturated rings. The zero-order chi connectivity index (χ0) is 26.2. The summed E-state index contributed by atoms with van der Waals surface area (Å²) in [4.78, 5) is 27.4. The quantitative estimate of drug-likeness (QED) is 0.349. The number of hydrogen-bond acceptors (Lipinski definition) is 3. The molecule has 9 heteroatoms. The highest BCUT2D eigenvalue weighted by molar-refractivity contribution is 6.30. The number of hydrogen-bond donors (Lipinski definition) is 0. The fourth-order valence-corrected chi connectivity index (χ4v) is 4.78. The number of esters is 1. The molecule has 2 unspecified atom stereocenters. The maximum atomic E-state index is 14.4. The number of ether oxygens (including phenoxy) is 1. The van der Waals surface area contributed by atoms with Gasteiger partial charge in [0.1, 0.15) is 11.4 Å². The highest BCUT2D eigenvalue weighted by Crippen LogP contribution is 2.43. The molecule has 1 aliphatic carbocycles. The maximum absolute atomic E-state index is 14.4. The molecule has 1 aromatic heterocycles. The number of alkyl halides is 3. The van der Waals surface area contributed by atoms with Crippen LogP contribution in [0.25, 0.3) is 11.1 Å². The molecule has 0 aliphatic heterocycles. The summed E-state index contributed by atoms with van der Waals surface area (Å²) in [7, 11) is 1.51. The van der Waals surface area contributed by atoms with Crippen molar-refractivity contribution in [2.75, 3.05) is 13.7 Å². The van der Waals surface area contributed by atoms with E-state index in [1.54, 1.807) is 61.5 Å². The maximum Gasteiger partial charge on any atom is 0.431 e. The Morgan fingerprint density at radius 3 is 2.33 bits per heavy atom. The molecule has 2 atom stereocenters. The normalized spacial score (nSPS) is 17.1. The van der Waals surface area contributed by atoms with Crippen LogP contribution in [-0.2, 0) is 22.3 Å². The van der Waals surface area contributed by atoms with Crippen LogP contribution in [0.1, 0.15) is 40.7 Å². The van der Waals surface area contributed by atoms with Crippen molar-refractivity contribution < 1.29 is 27.5 Å². The number of nitrogens with zero attached hydrogens (tertiary/aromatic N) is 2. The molecule has 4 rings (SSSR count). The largest absolute Gasteiger partial charge is 0.466 e. The summed E-state index contributed by atoms with van der Waals surface area (Å²) in [5.74, 6) is -1.49. The third-order valence-corrected chi connectivity index (χ3v) is 6.71. The van der Waals surface area contributed by atoms with Gasteiger partial charge in [0.25, 0.3) is 5.91 Å². The molecule has 36 heavy (non-hydrogen) atoms. The van der Waals surface area contributed by atoms with Crippen LogP contribution in [0.2, 0.25) is 5.02 Å². The zero-order valence-electron chi connectivity index (χ0n) is 20.1. The Morgan fingerprint density at radius 2 is 1.75 bits per heavy atom. The van der Waals surface area contributed by atoms with E-state index in [0.29, 0.717) is 22.6 Å². The van der Waals surface area contributed by atoms with Gasteiger partial charge in [0, 0.05) is 30.2 Å². The molecule has 1 saturated carbocycles. The van der Waals surface area contributed by atoms with Gasteiger partial charge < -0.3 is 14.2 Å². The van der Waals surface area contributed by atoms with Crippen LogP contribution < -0.4 is 0 Å². The fourth-order valence-electron chi connectivity index (χ4n) is 4.66. The number of aromatic nitrogens is 1. The van der Waals surface area contributed by atoms with E-state index in [2.05, 4.69) is 0 Å². The molecule has 1 heterocycles. The third-order valence-electron chi connectivity index (χ3n) is 6.46. The molecule has 1 aliphatic rings. The van der Waals surface area contributed by atoms with Gasteiger partial charge in [-0.3, -0.25) is 9.59 Å². The van der Waals surface area contributed by atoms with E-state index in [0.717, 1.165) is 4.57 Å². The molecule has 0 bridgehead atoms. The van der Waals surface area contributed by atoms with Crippen LogP contribution in [0.4, 0.5) is 13.2 Å². The first-order valence-corrected chi connectivity index (χ1v) is 12.0. The lowest BCUT2D eigenvalue weighted by molar-refractivity contribution is -0.145. The fraction of sp³-hybridized carbons (Fsp3) is 0.333. The van der Waals surface area contributed by atoms with Crippen molar-refractivity contribution >= 4 is 23.5 Å². The van der Waals surface area contributed by atoms with E-state index >= 15 is 0 Å². The van der Waals surface area contributed by atoms with Crippen LogP contribution in [0.3, 0.4) is 0 Å². The number of carbonyl (C=O) groups is 2. The molecule has 0 saturated heterocycles. The van der Waals surface area contributed by atoms with E-state index in [9.17, 15) is 22.8 Å². The van der Waals surface area contributed by atoms with Crippen molar-refractivity contribution in [3.05, 3.63) is 82.1 Å². The second kappa shape index (κ2) is 10.0. The smallest absolute Gasteiger partial charge is 0.431 e. The van der Waals surface area contributed by atoms with Crippen LogP contribution in [0, 0.1) is 12.8 Å². The molecular weight excluding hydrogens is 493 g/mol. The zero-order valence-corrected chi connectivity index (χ0v) is 20.9. The Kier molecular flexibility index (Phi) is 7.18. The summed E-state index contributed by atoms with van der Waals surface area (Å²) in [5.41, 5.74) is 0.251. The minimum absolute atomic E-state index is 0.0461. The second-order valence-electron chi connectivity index (χ2n) is 8.85. The molecule has 2 aromatic carbocycles. The van der Waals surface area contributed by atoms with Crippen molar-refractivity contribution in [1.29, 1.82) is 0 Å². The van der Waals surface area contributed by atoms with E-state index in [-0.39, 0.29) is 30.0 Å². The van der Waals surface area contributed by atoms with E-state index in [1.165, 1.54) is 18.9 Å². The van der Waals surface area contributed by atoms with Gasteiger partial charge >= 0.3 is 12.1 Å². The molecule has 3 aromatic rings. The van der Waals surface area contributed by atoms with Crippen LogP contribution in [0.5, 0.6) is 0 Å². The van der Waals surface area contributed by atoms with Gasteiger partial charge in [0.15, 0.2) is 0 Å². The highest BCUT2D eigenvalue weighted by atomic mass is 35.5. The van der Waals surface area contributed by atoms with E-state index < -0.39 is 35.7 Å². The lowest BCUT2D eigenvalue weighted by atomic mass is 10.00. The van der Waals surface area contributed by atoms with Crippen LogP contribution in [0.15, 0.2) is 54.6 Å². The van der Waals surface area contributed by atoms with Crippen molar-refractivity contribution in [1.82, 2.24) is 9.47 Å². The Balaban J connectivity index is 1.88. The number of carbonyl (C=O) groups excluding carboxylic acids is 2. The van der Waals surface area contributed by atoms with Crippen molar-refractivity contribution in [2.45, 2.75) is 39.0 Å². The van der Waals surface area contributed by atoms with Gasteiger partial charge in [-0.1, -0.05) is 54.1 Å². The minimum atomic E-state index is -4.70. The predicted molar refractivity (Wildman–Crippen MR) is 131 cm³/mol. The van der Waals surface area contributed by atoms with Gasteiger partial charge in [-0.25, -0.2) is 0 Å². The molecule has 1 amide bonds. The van der Waals surface area contributed by atoms with Gasteiger partial charge in [-0.15, -0.1) is 0 Å². The molecular formula is C27H26ClF3N2O3. The van der Waals surface area contributed by atoms with Gasteiger partial charge in [0.2, 0.25) is 0 Å². The van der Waals surface area contributed by atoms with Gasteiger partial charge in [0.05, 0.1) is 12.5 Å².